The van der Waals surface area contributed by atoms with Crippen molar-refractivity contribution in [1.29, 1.82) is 0 Å². The summed E-state index contributed by atoms with van der Waals surface area (Å²) < 4.78 is 19.0. The molecule has 0 bridgehead atoms. The van der Waals surface area contributed by atoms with Gasteiger partial charge in [0.2, 0.25) is 0 Å². The number of para-hydroxylation sites is 1. The van der Waals surface area contributed by atoms with E-state index in [-0.39, 0.29) is 5.75 Å². The van der Waals surface area contributed by atoms with Gasteiger partial charge in [-0.3, -0.25) is 0 Å². The molecule has 0 heterocycles. The normalized spacial score (nSPS) is 10.4. The molecule has 0 spiro atoms. The van der Waals surface area contributed by atoms with Crippen LogP contribution < -0.4 is 10.5 Å². The standard InChI is InChI=1S/C15H16FNO/c1-10-6-7-11(2)12(8-10)9-18-15-13(16)4-3-5-14(15)17/h3-8H,9,17H2,1-2H3. The van der Waals surface area contributed by atoms with Crippen LogP contribution in [0.4, 0.5) is 10.1 Å². The molecule has 2 N–H and O–H groups in total. The highest BCUT2D eigenvalue weighted by molar-refractivity contribution is 5.52. The highest BCUT2D eigenvalue weighted by Crippen LogP contribution is 2.26. The van der Waals surface area contributed by atoms with Gasteiger partial charge in [0.1, 0.15) is 6.61 Å². The Kier molecular flexibility index (Phi) is 3.51. The molecule has 18 heavy (non-hydrogen) atoms. The van der Waals surface area contributed by atoms with Crippen molar-refractivity contribution in [2.45, 2.75) is 20.5 Å². The van der Waals surface area contributed by atoms with Gasteiger partial charge in [-0.1, -0.05) is 29.8 Å². The number of nitrogen functional groups attached to an aromatic ring is 1. The van der Waals surface area contributed by atoms with E-state index in [1.54, 1.807) is 12.1 Å². The lowest BCUT2D eigenvalue weighted by molar-refractivity contribution is 0.291. The highest BCUT2D eigenvalue weighted by Gasteiger charge is 2.08. The summed E-state index contributed by atoms with van der Waals surface area (Å²) in [6.45, 7) is 4.34. The Morgan fingerprint density at radius 2 is 1.94 bits per heavy atom. The molecule has 2 aromatic rings. The number of anilines is 1. The predicted octanol–water partition coefficient (Wildman–Crippen LogP) is 3.60. The van der Waals surface area contributed by atoms with Crippen LogP contribution in [0.1, 0.15) is 16.7 Å². The first kappa shape index (κ1) is 12.4. The molecule has 0 aliphatic carbocycles. The van der Waals surface area contributed by atoms with E-state index in [4.69, 9.17) is 10.5 Å². The zero-order valence-electron chi connectivity index (χ0n) is 10.5. The highest BCUT2D eigenvalue weighted by atomic mass is 19.1. The van der Waals surface area contributed by atoms with E-state index in [1.165, 1.54) is 6.07 Å². The Bertz CT molecular complexity index is 546. The summed E-state index contributed by atoms with van der Waals surface area (Å²) in [7, 11) is 0. The van der Waals surface area contributed by atoms with Crippen LogP contribution in [-0.4, -0.2) is 0 Å². The monoisotopic (exact) mass is 245 g/mol. The van der Waals surface area contributed by atoms with Crippen LogP contribution in [0.3, 0.4) is 0 Å². The van der Waals surface area contributed by atoms with Crippen molar-refractivity contribution in [3.63, 3.8) is 0 Å². The zero-order valence-corrected chi connectivity index (χ0v) is 10.5. The first-order valence-corrected chi connectivity index (χ1v) is 5.81. The Hall–Kier alpha value is -2.03. The van der Waals surface area contributed by atoms with Crippen molar-refractivity contribution in [2.75, 3.05) is 5.73 Å². The maximum absolute atomic E-state index is 13.5. The summed E-state index contributed by atoms with van der Waals surface area (Å²) in [5.74, 6) is -0.307. The Morgan fingerprint density at radius 3 is 2.67 bits per heavy atom. The second-order valence-corrected chi connectivity index (χ2v) is 4.38. The van der Waals surface area contributed by atoms with Crippen molar-refractivity contribution in [1.82, 2.24) is 0 Å². The molecule has 0 saturated heterocycles. The van der Waals surface area contributed by atoms with Gasteiger partial charge in [0.15, 0.2) is 11.6 Å². The number of nitrogens with two attached hydrogens (primary N) is 1. The number of hydrogen-bond donors (Lipinski definition) is 1. The van der Waals surface area contributed by atoms with Gasteiger partial charge in [-0.2, -0.15) is 0 Å². The quantitative estimate of drug-likeness (QED) is 0.838. The molecule has 0 aromatic heterocycles. The summed E-state index contributed by atoms with van der Waals surface area (Å²) >= 11 is 0. The van der Waals surface area contributed by atoms with Gasteiger partial charge in [-0.05, 0) is 37.1 Å². The van der Waals surface area contributed by atoms with Crippen molar-refractivity contribution < 1.29 is 9.13 Å². The number of ether oxygens (including phenoxy) is 1. The molecule has 94 valence electrons. The lowest BCUT2D eigenvalue weighted by atomic mass is 10.1. The van der Waals surface area contributed by atoms with Gasteiger partial charge in [0.25, 0.3) is 0 Å². The largest absolute Gasteiger partial charge is 0.484 e. The molecule has 0 amide bonds. The third-order valence-corrected chi connectivity index (χ3v) is 2.87. The zero-order chi connectivity index (χ0) is 13.1. The van der Waals surface area contributed by atoms with Gasteiger partial charge in [-0.15, -0.1) is 0 Å². The number of halogens is 1. The lowest BCUT2D eigenvalue weighted by Crippen LogP contribution is -2.02. The van der Waals surface area contributed by atoms with Crippen LogP contribution in [0, 0.1) is 19.7 Å². The summed E-state index contributed by atoms with van der Waals surface area (Å²) in [6, 6.07) is 10.6. The number of benzene rings is 2. The first-order valence-electron chi connectivity index (χ1n) is 5.81. The van der Waals surface area contributed by atoms with E-state index in [0.29, 0.717) is 12.3 Å². The molecule has 0 aliphatic rings. The Morgan fingerprint density at radius 1 is 1.17 bits per heavy atom. The molecule has 2 nitrogen and oxygen atoms in total. The van der Waals surface area contributed by atoms with E-state index < -0.39 is 5.82 Å². The van der Waals surface area contributed by atoms with Gasteiger partial charge in [-0.25, -0.2) is 4.39 Å². The molecule has 2 aromatic carbocycles. The average Bonchev–Trinajstić information content (AvgIpc) is 2.33. The van der Waals surface area contributed by atoms with E-state index in [9.17, 15) is 4.39 Å². The van der Waals surface area contributed by atoms with Gasteiger partial charge >= 0.3 is 0 Å². The van der Waals surface area contributed by atoms with Gasteiger partial charge in [0, 0.05) is 0 Å². The molecular weight excluding hydrogens is 229 g/mol. The first-order chi connectivity index (χ1) is 8.58. The molecule has 3 heteroatoms. The minimum Gasteiger partial charge on any atom is -0.484 e. The summed E-state index contributed by atoms with van der Waals surface area (Å²) in [4.78, 5) is 0. The van der Waals surface area contributed by atoms with E-state index in [2.05, 4.69) is 0 Å². The summed E-state index contributed by atoms with van der Waals surface area (Å²) in [5, 5.41) is 0. The topological polar surface area (TPSA) is 35.2 Å². The van der Waals surface area contributed by atoms with Gasteiger partial charge < -0.3 is 10.5 Å². The fraction of sp³-hybridized carbons (Fsp3) is 0.200. The van der Waals surface area contributed by atoms with E-state index >= 15 is 0 Å². The SMILES string of the molecule is Cc1ccc(C)c(COc2c(N)cccc2F)c1. The molecule has 2 rings (SSSR count). The fourth-order valence-corrected chi connectivity index (χ4v) is 1.78. The van der Waals surface area contributed by atoms with Crippen LogP contribution in [0.5, 0.6) is 5.75 Å². The van der Waals surface area contributed by atoms with Crippen LogP contribution in [0.2, 0.25) is 0 Å². The fourth-order valence-electron chi connectivity index (χ4n) is 1.78. The van der Waals surface area contributed by atoms with Crippen LogP contribution in [0.15, 0.2) is 36.4 Å². The van der Waals surface area contributed by atoms with Gasteiger partial charge in [0.05, 0.1) is 5.69 Å². The Labute approximate surface area is 106 Å². The van der Waals surface area contributed by atoms with Crippen molar-refractivity contribution in [3.8, 4) is 5.75 Å². The lowest BCUT2D eigenvalue weighted by Gasteiger charge is -2.12. The molecule has 0 aliphatic heterocycles. The summed E-state index contributed by atoms with van der Waals surface area (Å²) in [5.41, 5.74) is 9.32. The smallest absolute Gasteiger partial charge is 0.178 e. The average molecular weight is 245 g/mol. The van der Waals surface area contributed by atoms with Crippen molar-refractivity contribution >= 4 is 5.69 Å². The number of rotatable bonds is 3. The second kappa shape index (κ2) is 5.08. The molecular formula is C15H16FNO. The molecule has 0 unspecified atom stereocenters. The van der Waals surface area contributed by atoms with E-state index in [1.807, 2.05) is 32.0 Å². The molecule has 0 saturated carbocycles. The minimum absolute atomic E-state index is 0.124. The number of hydrogen-bond acceptors (Lipinski definition) is 2. The Balaban J connectivity index is 2.19. The molecule has 0 radical (unpaired) electrons. The maximum atomic E-state index is 13.5. The predicted molar refractivity (Wildman–Crippen MR) is 71.1 cm³/mol. The third-order valence-electron chi connectivity index (χ3n) is 2.87. The van der Waals surface area contributed by atoms with Crippen LogP contribution in [0.25, 0.3) is 0 Å². The second-order valence-electron chi connectivity index (χ2n) is 4.38. The number of aryl methyl sites for hydroxylation is 2. The van der Waals surface area contributed by atoms with Crippen LogP contribution >= 0.6 is 0 Å². The maximum Gasteiger partial charge on any atom is 0.178 e. The minimum atomic E-state index is -0.430. The van der Waals surface area contributed by atoms with E-state index in [0.717, 1.165) is 16.7 Å². The third kappa shape index (κ3) is 2.62. The molecule has 0 atom stereocenters. The van der Waals surface area contributed by atoms with Crippen molar-refractivity contribution in [3.05, 3.63) is 58.9 Å². The molecule has 0 fully saturated rings. The summed E-state index contributed by atoms with van der Waals surface area (Å²) in [6.07, 6.45) is 0. The van der Waals surface area contributed by atoms with Crippen molar-refractivity contribution in [2.24, 2.45) is 0 Å². The van der Waals surface area contributed by atoms with Crippen LogP contribution in [-0.2, 0) is 6.61 Å².